The molecule has 9 heteroatoms. The molecule has 1 aliphatic rings. The lowest BCUT2D eigenvalue weighted by Gasteiger charge is -2.30. The number of nitrogens with one attached hydrogen (secondary N) is 2. The third-order valence-corrected chi connectivity index (χ3v) is 5.28. The Morgan fingerprint density at radius 2 is 2.04 bits per heavy atom. The number of nitrogens with zero attached hydrogens (tertiary/aromatic N) is 2. The standard InChI is InChI=1S/C18H20F2N4O2S/c1-21-17(26)11-4-6-24(7-5-11)9-16(25)23-18-22-15(10-27-18)13-8-12(19)2-3-14(13)20/h2-3,8,10-11H,4-7,9H2,1H3,(H,21,26)(H,22,23,25). The zero-order chi connectivity index (χ0) is 19.4. The number of hydrogen-bond donors (Lipinski definition) is 2. The van der Waals surface area contributed by atoms with E-state index in [1.807, 2.05) is 4.90 Å². The Labute approximate surface area is 159 Å². The van der Waals surface area contributed by atoms with E-state index < -0.39 is 11.6 Å². The van der Waals surface area contributed by atoms with Gasteiger partial charge in [0.1, 0.15) is 11.6 Å². The van der Waals surface area contributed by atoms with E-state index in [2.05, 4.69) is 15.6 Å². The second-order valence-electron chi connectivity index (χ2n) is 6.37. The molecule has 144 valence electrons. The lowest BCUT2D eigenvalue weighted by Crippen LogP contribution is -2.42. The van der Waals surface area contributed by atoms with E-state index in [4.69, 9.17) is 0 Å². The van der Waals surface area contributed by atoms with Crippen LogP contribution in [0.2, 0.25) is 0 Å². The normalized spacial score (nSPS) is 15.5. The molecule has 27 heavy (non-hydrogen) atoms. The molecule has 0 bridgehead atoms. The zero-order valence-corrected chi connectivity index (χ0v) is 15.6. The van der Waals surface area contributed by atoms with Crippen LogP contribution in [0.3, 0.4) is 0 Å². The molecular weight excluding hydrogens is 374 g/mol. The minimum absolute atomic E-state index is 0.00278. The van der Waals surface area contributed by atoms with Crippen molar-refractivity contribution in [3.8, 4) is 11.3 Å². The number of piperidine rings is 1. The van der Waals surface area contributed by atoms with Crippen LogP contribution in [-0.2, 0) is 9.59 Å². The summed E-state index contributed by atoms with van der Waals surface area (Å²) in [6, 6.07) is 3.17. The highest BCUT2D eigenvalue weighted by Crippen LogP contribution is 2.27. The van der Waals surface area contributed by atoms with Gasteiger partial charge in [-0.2, -0.15) is 0 Å². The van der Waals surface area contributed by atoms with E-state index in [9.17, 15) is 18.4 Å². The number of carbonyl (C=O) groups is 2. The maximum absolute atomic E-state index is 13.8. The van der Waals surface area contributed by atoms with Gasteiger partial charge in [-0.25, -0.2) is 13.8 Å². The first-order valence-corrected chi connectivity index (χ1v) is 9.49. The van der Waals surface area contributed by atoms with Crippen molar-refractivity contribution in [1.29, 1.82) is 0 Å². The van der Waals surface area contributed by atoms with Crippen LogP contribution in [0, 0.1) is 17.6 Å². The largest absolute Gasteiger partial charge is 0.359 e. The van der Waals surface area contributed by atoms with Gasteiger partial charge >= 0.3 is 0 Å². The van der Waals surface area contributed by atoms with Gasteiger partial charge in [-0.3, -0.25) is 14.5 Å². The van der Waals surface area contributed by atoms with Gasteiger partial charge in [-0.1, -0.05) is 0 Å². The molecule has 1 saturated heterocycles. The Balaban J connectivity index is 1.54. The van der Waals surface area contributed by atoms with Gasteiger partial charge in [0, 0.05) is 23.9 Å². The molecule has 2 heterocycles. The van der Waals surface area contributed by atoms with Crippen molar-refractivity contribution in [2.24, 2.45) is 5.92 Å². The van der Waals surface area contributed by atoms with E-state index in [1.165, 1.54) is 0 Å². The topological polar surface area (TPSA) is 74.3 Å². The summed E-state index contributed by atoms with van der Waals surface area (Å²) in [5.41, 5.74) is 0.335. The zero-order valence-electron chi connectivity index (χ0n) is 14.8. The number of carbonyl (C=O) groups excluding carboxylic acids is 2. The predicted octanol–water partition coefficient (Wildman–Crippen LogP) is 2.48. The summed E-state index contributed by atoms with van der Waals surface area (Å²) >= 11 is 1.15. The number of rotatable bonds is 5. The summed E-state index contributed by atoms with van der Waals surface area (Å²) < 4.78 is 27.1. The molecule has 0 radical (unpaired) electrons. The van der Waals surface area contributed by atoms with Gasteiger partial charge in [0.25, 0.3) is 0 Å². The van der Waals surface area contributed by atoms with Gasteiger partial charge < -0.3 is 10.6 Å². The molecule has 0 spiro atoms. The monoisotopic (exact) mass is 394 g/mol. The molecule has 1 aliphatic heterocycles. The molecule has 1 fully saturated rings. The van der Waals surface area contributed by atoms with Crippen molar-refractivity contribution < 1.29 is 18.4 Å². The second kappa shape index (κ2) is 8.53. The fourth-order valence-electron chi connectivity index (χ4n) is 3.07. The van der Waals surface area contributed by atoms with E-state index >= 15 is 0 Å². The van der Waals surface area contributed by atoms with Crippen molar-refractivity contribution in [3.63, 3.8) is 0 Å². The minimum atomic E-state index is -0.571. The number of anilines is 1. The summed E-state index contributed by atoms with van der Waals surface area (Å²) in [5.74, 6) is -1.31. The number of benzene rings is 1. The predicted molar refractivity (Wildman–Crippen MR) is 99.3 cm³/mol. The highest BCUT2D eigenvalue weighted by Gasteiger charge is 2.25. The number of aromatic nitrogens is 1. The van der Waals surface area contributed by atoms with E-state index in [0.717, 1.165) is 29.5 Å². The Morgan fingerprint density at radius 1 is 1.30 bits per heavy atom. The van der Waals surface area contributed by atoms with Crippen LogP contribution in [0.4, 0.5) is 13.9 Å². The van der Waals surface area contributed by atoms with Crippen molar-refractivity contribution in [2.45, 2.75) is 12.8 Å². The molecule has 2 amide bonds. The summed E-state index contributed by atoms with van der Waals surface area (Å²) in [5, 5.41) is 7.25. The molecular formula is C18H20F2N4O2S. The van der Waals surface area contributed by atoms with Crippen LogP contribution in [0.5, 0.6) is 0 Å². The van der Waals surface area contributed by atoms with Crippen molar-refractivity contribution >= 4 is 28.3 Å². The summed E-state index contributed by atoms with van der Waals surface area (Å²) in [7, 11) is 1.63. The lowest BCUT2D eigenvalue weighted by molar-refractivity contribution is -0.126. The molecule has 0 unspecified atom stereocenters. The molecule has 2 aromatic rings. The highest BCUT2D eigenvalue weighted by molar-refractivity contribution is 7.14. The summed E-state index contributed by atoms with van der Waals surface area (Å²) in [4.78, 5) is 30.0. The van der Waals surface area contributed by atoms with Gasteiger partial charge in [0.05, 0.1) is 12.2 Å². The smallest absolute Gasteiger partial charge is 0.240 e. The number of likely N-dealkylation sites (tertiary alicyclic amines) is 1. The number of hydrogen-bond acceptors (Lipinski definition) is 5. The molecule has 0 saturated carbocycles. The molecule has 1 aromatic carbocycles. The van der Waals surface area contributed by atoms with E-state index in [1.54, 1.807) is 12.4 Å². The van der Waals surface area contributed by atoms with Crippen LogP contribution in [-0.4, -0.2) is 48.4 Å². The van der Waals surface area contributed by atoms with Crippen LogP contribution in [0.25, 0.3) is 11.3 Å². The Bertz CT molecular complexity index is 835. The van der Waals surface area contributed by atoms with Gasteiger partial charge in [-0.15, -0.1) is 11.3 Å². The summed E-state index contributed by atoms with van der Waals surface area (Å²) in [6.07, 6.45) is 1.43. The number of thiazole rings is 1. The van der Waals surface area contributed by atoms with Gasteiger partial charge in [-0.05, 0) is 44.1 Å². The van der Waals surface area contributed by atoms with Crippen molar-refractivity contribution in [3.05, 3.63) is 35.2 Å². The second-order valence-corrected chi connectivity index (χ2v) is 7.23. The fraction of sp³-hybridized carbons (Fsp3) is 0.389. The first-order valence-electron chi connectivity index (χ1n) is 8.61. The average Bonchev–Trinajstić information content (AvgIpc) is 3.11. The Morgan fingerprint density at radius 3 is 2.74 bits per heavy atom. The molecule has 6 nitrogen and oxygen atoms in total. The van der Waals surface area contributed by atoms with Crippen LogP contribution < -0.4 is 10.6 Å². The molecule has 0 atom stereocenters. The fourth-order valence-corrected chi connectivity index (χ4v) is 3.79. The molecule has 1 aromatic heterocycles. The maximum atomic E-state index is 13.8. The third-order valence-electron chi connectivity index (χ3n) is 4.53. The Hall–Kier alpha value is -2.39. The van der Waals surface area contributed by atoms with Gasteiger partial charge in [0.15, 0.2) is 5.13 Å². The quantitative estimate of drug-likeness (QED) is 0.817. The van der Waals surface area contributed by atoms with Crippen LogP contribution in [0.15, 0.2) is 23.6 Å². The average molecular weight is 394 g/mol. The minimum Gasteiger partial charge on any atom is -0.359 e. The van der Waals surface area contributed by atoms with Crippen molar-refractivity contribution in [1.82, 2.24) is 15.2 Å². The van der Waals surface area contributed by atoms with Crippen LogP contribution >= 0.6 is 11.3 Å². The summed E-state index contributed by atoms with van der Waals surface area (Å²) in [6.45, 7) is 1.54. The van der Waals surface area contributed by atoms with Gasteiger partial charge in [0.2, 0.25) is 11.8 Å². The third kappa shape index (κ3) is 4.86. The SMILES string of the molecule is CNC(=O)C1CCN(CC(=O)Nc2nc(-c3cc(F)ccc3F)cs2)CC1. The molecule has 3 rings (SSSR count). The molecule has 0 aliphatic carbocycles. The highest BCUT2D eigenvalue weighted by atomic mass is 32.1. The Kier molecular flexibility index (Phi) is 6.12. The first-order chi connectivity index (χ1) is 13.0. The van der Waals surface area contributed by atoms with Crippen molar-refractivity contribution in [2.75, 3.05) is 32.0 Å². The van der Waals surface area contributed by atoms with Crippen LogP contribution in [0.1, 0.15) is 12.8 Å². The van der Waals surface area contributed by atoms with E-state index in [0.29, 0.717) is 31.1 Å². The number of amides is 2. The lowest BCUT2D eigenvalue weighted by atomic mass is 9.96. The van der Waals surface area contributed by atoms with E-state index in [-0.39, 0.29) is 35.5 Å². The first kappa shape index (κ1) is 19.4. The maximum Gasteiger partial charge on any atom is 0.240 e. The molecule has 2 N–H and O–H groups in total. The number of halogens is 2.